The third-order valence-corrected chi connectivity index (χ3v) is 4.09. The molecule has 0 unspecified atom stereocenters. The zero-order valence-electron chi connectivity index (χ0n) is 17.6. The van der Waals surface area contributed by atoms with Crippen LogP contribution in [0.5, 0.6) is 23.0 Å². The average Bonchev–Trinajstić information content (AvgIpc) is 2.73. The van der Waals surface area contributed by atoms with Gasteiger partial charge in [0.25, 0.3) is 0 Å². The molecule has 0 radical (unpaired) electrons. The molecule has 0 aliphatic rings. The molecule has 2 aromatic rings. The van der Waals surface area contributed by atoms with Crippen molar-refractivity contribution in [3.05, 3.63) is 47.5 Å². The molecule has 0 aliphatic heterocycles. The highest BCUT2D eigenvalue weighted by atomic mass is 127. The van der Waals surface area contributed by atoms with Crippen LogP contribution in [0.4, 0.5) is 0 Å². The van der Waals surface area contributed by atoms with Crippen LogP contribution in [-0.4, -0.2) is 47.5 Å². The van der Waals surface area contributed by atoms with Gasteiger partial charge in [0.2, 0.25) is 5.75 Å². The predicted octanol–water partition coefficient (Wildman–Crippen LogP) is 3.38. The van der Waals surface area contributed by atoms with E-state index in [4.69, 9.17) is 18.9 Å². The van der Waals surface area contributed by atoms with Gasteiger partial charge in [0.15, 0.2) is 17.5 Å². The van der Waals surface area contributed by atoms with Crippen LogP contribution in [-0.2, 0) is 6.54 Å². The second-order valence-electron chi connectivity index (χ2n) is 6.05. The predicted molar refractivity (Wildman–Crippen MR) is 126 cm³/mol. The van der Waals surface area contributed by atoms with Gasteiger partial charge in [-0.25, -0.2) is 0 Å². The molecule has 8 heteroatoms. The minimum atomic E-state index is 0. The largest absolute Gasteiger partial charge is 0.493 e. The summed E-state index contributed by atoms with van der Waals surface area (Å²) in [5.41, 5.74) is 2.19. The summed E-state index contributed by atoms with van der Waals surface area (Å²) in [5.74, 6) is 3.35. The number of hydrogen-bond donors (Lipinski definition) is 2. The summed E-state index contributed by atoms with van der Waals surface area (Å²) in [5, 5.41) is 6.49. The Hall–Kier alpha value is -2.36. The fraction of sp³-hybridized carbons (Fsp3) is 0.381. The van der Waals surface area contributed by atoms with Gasteiger partial charge in [-0.3, -0.25) is 4.99 Å². The van der Waals surface area contributed by atoms with Gasteiger partial charge in [-0.05, 0) is 36.8 Å². The average molecular weight is 515 g/mol. The number of hydrogen-bond acceptors (Lipinski definition) is 5. The van der Waals surface area contributed by atoms with Crippen molar-refractivity contribution in [1.29, 1.82) is 0 Å². The molecule has 2 aromatic carbocycles. The summed E-state index contributed by atoms with van der Waals surface area (Å²) in [4.78, 5) is 4.23. The summed E-state index contributed by atoms with van der Waals surface area (Å²) in [6.45, 7) is 3.76. The fourth-order valence-electron chi connectivity index (χ4n) is 2.62. The lowest BCUT2D eigenvalue weighted by Crippen LogP contribution is -2.38. The maximum absolute atomic E-state index is 5.71. The SMILES string of the molecule is CN=C(NCCOc1ccc(C)cc1)NCc1cc(OC)c(OC)c(OC)c1.I. The van der Waals surface area contributed by atoms with E-state index < -0.39 is 0 Å². The molecule has 0 aromatic heterocycles. The molecular formula is C21H30IN3O4. The van der Waals surface area contributed by atoms with Gasteiger partial charge in [-0.1, -0.05) is 17.7 Å². The Labute approximate surface area is 189 Å². The van der Waals surface area contributed by atoms with Crippen LogP contribution in [0.3, 0.4) is 0 Å². The Kier molecular flexibility index (Phi) is 11.0. The lowest BCUT2D eigenvalue weighted by molar-refractivity contribution is 0.321. The lowest BCUT2D eigenvalue weighted by atomic mass is 10.2. The highest BCUT2D eigenvalue weighted by molar-refractivity contribution is 14.0. The number of guanidine groups is 1. The van der Waals surface area contributed by atoms with Crippen LogP contribution in [0.25, 0.3) is 0 Å². The summed E-state index contributed by atoms with van der Waals surface area (Å²) in [6, 6.07) is 11.8. The van der Waals surface area contributed by atoms with Gasteiger partial charge in [0.1, 0.15) is 12.4 Å². The third-order valence-electron chi connectivity index (χ3n) is 4.09. The van der Waals surface area contributed by atoms with Gasteiger partial charge in [0, 0.05) is 13.6 Å². The molecule has 0 saturated carbocycles. The lowest BCUT2D eigenvalue weighted by Gasteiger charge is -2.16. The maximum Gasteiger partial charge on any atom is 0.203 e. The number of methoxy groups -OCH3 is 3. The summed E-state index contributed by atoms with van der Waals surface area (Å²) >= 11 is 0. The Morgan fingerprint density at radius 2 is 1.55 bits per heavy atom. The summed E-state index contributed by atoms with van der Waals surface area (Å²) in [6.07, 6.45) is 0. The Morgan fingerprint density at radius 3 is 2.07 bits per heavy atom. The van der Waals surface area contributed by atoms with E-state index in [0.717, 1.165) is 11.3 Å². The first-order valence-electron chi connectivity index (χ1n) is 9.04. The normalized spacial score (nSPS) is 10.6. The number of aryl methyl sites for hydroxylation is 1. The third kappa shape index (κ3) is 7.52. The number of benzene rings is 2. The topological polar surface area (TPSA) is 73.3 Å². The van der Waals surface area contributed by atoms with Crippen LogP contribution < -0.4 is 29.6 Å². The van der Waals surface area contributed by atoms with Crippen LogP contribution in [0.15, 0.2) is 41.4 Å². The van der Waals surface area contributed by atoms with Crippen LogP contribution in [0.1, 0.15) is 11.1 Å². The second-order valence-corrected chi connectivity index (χ2v) is 6.05. The molecule has 0 spiro atoms. The first kappa shape index (κ1) is 24.7. The van der Waals surface area contributed by atoms with Crippen LogP contribution in [0, 0.1) is 6.92 Å². The molecule has 0 fully saturated rings. The first-order chi connectivity index (χ1) is 13.6. The molecule has 2 N–H and O–H groups in total. The van der Waals surface area contributed by atoms with Gasteiger partial charge >= 0.3 is 0 Å². The quantitative estimate of drug-likeness (QED) is 0.231. The van der Waals surface area contributed by atoms with Gasteiger partial charge < -0.3 is 29.6 Å². The van der Waals surface area contributed by atoms with Crippen molar-refractivity contribution >= 4 is 29.9 Å². The van der Waals surface area contributed by atoms with Gasteiger partial charge in [0.05, 0.1) is 27.9 Å². The van der Waals surface area contributed by atoms with Gasteiger partial charge in [-0.2, -0.15) is 0 Å². The highest BCUT2D eigenvalue weighted by Gasteiger charge is 2.13. The van der Waals surface area contributed by atoms with E-state index in [1.807, 2.05) is 36.4 Å². The molecule has 160 valence electrons. The number of ether oxygens (including phenoxy) is 4. The maximum atomic E-state index is 5.71. The van der Waals surface area contributed by atoms with Crippen molar-refractivity contribution < 1.29 is 18.9 Å². The number of halogens is 1. The van der Waals surface area contributed by atoms with Crippen molar-refractivity contribution in [3.63, 3.8) is 0 Å². The van der Waals surface area contributed by atoms with E-state index in [1.165, 1.54) is 5.56 Å². The monoisotopic (exact) mass is 515 g/mol. The van der Waals surface area contributed by atoms with Crippen molar-refractivity contribution in [2.24, 2.45) is 4.99 Å². The molecule has 0 bridgehead atoms. The van der Waals surface area contributed by atoms with E-state index >= 15 is 0 Å². The molecule has 0 saturated heterocycles. The van der Waals surface area contributed by atoms with E-state index in [0.29, 0.717) is 42.9 Å². The fourth-order valence-corrected chi connectivity index (χ4v) is 2.62. The first-order valence-corrected chi connectivity index (χ1v) is 9.04. The minimum absolute atomic E-state index is 0. The zero-order valence-corrected chi connectivity index (χ0v) is 19.9. The standard InChI is InChI=1S/C21H29N3O4.HI/c1-15-6-8-17(9-7-15)28-11-10-23-21(22-2)24-14-16-12-18(25-3)20(27-5)19(13-16)26-4;/h6-9,12-13H,10-11,14H2,1-5H3,(H2,22,23,24);1H. The van der Waals surface area contributed by atoms with Crippen molar-refractivity contribution in [2.45, 2.75) is 13.5 Å². The minimum Gasteiger partial charge on any atom is -0.493 e. The molecule has 0 amide bonds. The van der Waals surface area contributed by atoms with Crippen molar-refractivity contribution in [2.75, 3.05) is 41.5 Å². The molecule has 2 rings (SSSR count). The van der Waals surface area contributed by atoms with Crippen molar-refractivity contribution in [3.8, 4) is 23.0 Å². The van der Waals surface area contributed by atoms with Crippen molar-refractivity contribution in [1.82, 2.24) is 10.6 Å². The highest BCUT2D eigenvalue weighted by Crippen LogP contribution is 2.38. The molecule has 7 nitrogen and oxygen atoms in total. The van der Waals surface area contributed by atoms with Crippen LogP contribution >= 0.6 is 24.0 Å². The molecule has 0 aliphatic carbocycles. The Morgan fingerprint density at radius 1 is 0.931 bits per heavy atom. The summed E-state index contributed by atoms with van der Waals surface area (Å²) < 4.78 is 21.8. The second kappa shape index (κ2) is 13.0. The van der Waals surface area contributed by atoms with E-state index in [9.17, 15) is 0 Å². The molecular weight excluding hydrogens is 485 g/mol. The molecule has 0 atom stereocenters. The number of aliphatic imine (C=N–C) groups is 1. The van der Waals surface area contributed by atoms with Gasteiger partial charge in [-0.15, -0.1) is 24.0 Å². The van der Waals surface area contributed by atoms with E-state index in [2.05, 4.69) is 22.5 Å². The Balaban J connectivity index is 0.00000420. The summed E-state index contributed by atoms with van der Waals surface area (Å²) in [7, 11) is 6.51. The number of nitrogens with one attached hydrogen (secondary N) is 2. The number of nitrogens with zero attached hydrogens (tertiary/aromatic N) is 1. The Bertz CT molecular complexity index is 757. The molecule has 0 heterocycles. The molecule has 29 heavy (non-hydrogen) atoms. The van der Waals surface area contributed by atoms with Crippen LogP contribution in [0.2, 0.25) is 0 Å². The van der Waals surface area contributed by atoms with E-state index in [1.54, 1.807) is 28.4 Å². The smallest absolute Gasteiger partial charge is 0.203 e. The number of rotatable bonds is 9. The zero-order chi connectivity index (χ0) is 20.4. The van der Waals surface area contributed by atoms with E-state index in [-0.39, 0.29) is 24.0 Å².